The molecular formula is C26H20O6. The van der Waals surface area contributed by atoms with Crippen LogP contribution in [0.4, 0.5) is 0 Å². The van der Waals surface area contributed by atoms with Gasteiger partial charge in [0.25, 0.3) is 0 Å². The number of carbonyl (C=O) groups excluding carboxylic acids is 2. The minimum Gasteiger partial charge on any atom is -0.507 e. The first-order chi connectivity index (χ1) is 15.4. The van der Waals surface area contributed by atoms with Crippen LogP contribution in [0.15, 0.2) is 75.9 Å². The van der Waals surface area contributed by atoms with Gasteiger partial charge in [-0.25, -0.2) is 4.79 Å². The molecule has 0 aliphatic rings. The Hall–Kier alpha value is -4.19. The number of ketones is 1. The van der Waals surface area contributed by atoms with Crippen molar-refractivity contribution in [2.75, 3.05) is 6.61 Å². The summed E-state index contributed by atoms with van der Waals surface area (Å²) in [7, 11) is 0. The molecule has 6 nitrogen and oxygen atoms in total. The van der Waals surface area contributed by atoms with Gasteiger partial charge in [-0.05, 0) is 44.2 Å². The van der Waals surface area contributed by atoms with E-state index in [0.29, 0.717) is 22.3 Å². The van der Waals surface area contributed by atoms with Crippen molar-refractivity contribution in [3.05, 3.63) is 99.4 Å². The van der Waals surface area contributed by atoms with Crippen LogP contribution in [0.5, 0.6) is 5.75 Å². The highest BCUT2D eigenvalue weighted by atomic mass is 16.5. The predicted octanol–water partition coefficient (Wildman–Crippen LogP) is 4.88. The minimum absolute atomic E-state index is 0.0683. The zero-order chi connectivity index (χ0) is 22.8. The van der Waals surface area contributed by atoms with Crippen molar-refractivity contribution in [3.63, 3.8) is 0 Å². The standard InChI is InChI=1S/C26H20O6/c1-3-31-26(30)20-14-16(24(28)18-8-4-6-10-21(18)27)12-13-17(20)23-15(2)32-22-11-7-5-9-19(22)25(23)29/h4-14,27H,3H2,1-2H3. The largest absolute Gasteiger partial charge is 0.507 e. The molecule has 0 radical (unpaired) electrons. The van der Waals surface area contributed by atoms with Crippen molar-refractivity contribution >= 4 is 22.7 Å². The quantitative estimate of drug-likeness (QED) is 0.360. The molecule has 0 saturated heterocycles. The van der Waals surface area contributed by atoms with Crippen LogP contribution in [0, 0.1) is 6.92 Å². The number of carbonyl (C=O) groups is 2. The normalized spacial score (nSPS) is 10.8. The maximum absolute atomic E-state index is 13.3. The Labute approximate surface area is 183 Å². The van der Waals surface area contributed by atoms with Gasteiger partial charge in [0.2, 0.25) is 5.43 Å². The third-order valence-corrected chi connectivity index (χ3v) is 5.17. The first-order valence-corrected chi connectivity index (χ1v) is 10.1. The van der Waals surface area contributed by atoms with Crippen molar-refractivity contribution < 1.29 is 23.8 Å². The molecule has 0 fully saturated rings. The third-order valence-electron chi connectivity index (χ3n) is 5.17. The zero-order valence-electron chi connectivity index (χ0n) is 17.5. The van der Waals surface area contributed by atoms with E-state index in [1.165, 1.54) is 30.3 Å². The van der Waals surface area contributed by atoms with Gasteiger partial charge in [-0.3, -0.25) is 9.59 Å². The molecule has 1 aromatic heterocycles. The fourth-order valence-electron chi connectivity index (χ4n) is 3.67. The number of ether oxygens (including phenoxy) is 1. The molecule has 4 aromatic rings. The third kappa shape index (κ3) is 3.67. The van der Waals surface area contributed by atoms with Gasteiger partial charge in [-0.15, -0.1) is 0 Å². The van der Waals surface area contributed by atoms with E-state index in [9.17, 15) is 19.5 Å². The summed E-state index contributed by atoms with van der Waals surface area (Å²) in [6.45, 7) is 3.45. The number of phenols is 1. The molecule has 0 spiro atoms. The molecule has 1 heterocycles. The summed E-state index contributed by atoms with van der Waals surface area (Å²) in [5, 5.41) is 10.4. The molecule has 1 N–H and O–H groups in total. The summed E-state index contributed by atoms with van der Waals surface area (Å²) in [5.74, 6) is -0.937. The van der Waals surface area contributed by atoms with Gasteiger partial charge in [0.15, 0.2) is 5.78 Å². The lowest BCUT2D eigenvalue weighted by Crippen LogP contribution is -2.14. The molecule has 6 heteroatoms. The molecule has 0 unspecified atom stereocenters. The molecule has 3 aromatic carbocycles. The van der Waals surface area contributed by atoms with Gasteiger partial charge in [0.05, 0.1) is 28.7 Å². The number of esters is 1. The second-order valence-electron chi connectivity index (χ2n) is 7.19. The van der Waals surface area contributed by atoms with Crippen LogP contribution in [0.3, 0.4) is 0 Å². The van der Waals surface area contributed by atoms with Crippen molar-refractivity contribution in [1.29, 1.82) is 0 Å². The van der Waals surface area contributed by atoms with Gasteiger partial charge in [-0.1, -0.05) is 36.4 Å². The Bertz CT molecular complexity index is 1410. The van der Waals surface area contributed by atoms with E-state index in [4.69, 9.17) is 9.15 Å². The summed E-state index contributed by atoms with van der Waals surface area (Å²) in [6, 6.07) is 17.5. The topological polar surface area (TPSA) is 93.8 Å². The first-order valence-electron chi connectivity index (χ1n) is 10.1. The fraction of sp³-hybridized carbons (Fsp3) is 0.115. The molecule has 0 aliphatic carbocycles. The molecular weight excluding hydrogens is 408 g/mol. The van der Waals surface area contributed by atoms with Crippen molar-refractivity contribution in [1.82, 2.24) is 0 Å². The highest BCUT2D eigenvalue weighted by Gasteiger charge is 2.23. The van der Waals surface area contributed by atoms with Gasteiger partial charge in [-0.2, -0.15) is 0 Å². The number of benzene rings is 3. The van der Waals surface area contributed by atoms with Crippen LogP contribution >= 0.6 is 0 Å². The molecule has 32 heavy (non-hydrogen) atoms. The molecule has 0 bridgehead atoms. The molecule has 0 atom stereocenters. The van der Waals surface area contributed by atoms with E-state index in [1.54, 1.807) is 50.2 Å². The zero-order valence-corrected chi connectivity index (χ0v) is 17.5. The predicted molar refractivity (Wildman–Crippen MR) is 120 cm³/mol. The Balaban J connectivity index is 1.93. The van der Waals surface area contributed by atoms with Crippen LogP contribution in [-0.2, 0) is 4.74 Å². The van der Waals surface area contributed by atoms with E-state index in [0.717, 1.165) is 0 Å². The van der Waals surface area contributed by atoms with Crippen LogP contribution in [-0.4, -0.2) is 23.5 Å². The first kappa shape index (κ1) is 21.1. The molecule has 0 saturated carbocycles. The minimum atomic E-state index is -0.665. The lowest BCUT2D eigenvalue weighted by Gasteiger charge is -2.13. The lowest BCUT2D eigenvalue weighted by atomic mass is 9.93. The number of para-hydroxylation sites is 2. The maximum Gasteiger partial charge on any atom is 0.338 e. The van der Waals surface area contributed by atoms with Gasteiger partial charge >= 0.3 is 5.97 Å². The number of rotatable bonds is 5. The van der Waals surface area contributed by atoms with E-state index >= 15 is 0 Å². The van der Waals surface area contributed by atoms with E-state index in [2.05, 4.69) is 0 Å². The van der Waals surface area contributed by atoms with Gasteiger partial charge in [0, 0.05) is 11.1 Å². The van der Waals surface area contributed by atoms with Gasteiger partial charge < -0.3 is 14.3 Å². The Morgan fingerprint density at radius 3 is 2.44 bits per heavy atom. The smallest absolute Gasteiger partial charge is 0.338 e. The van der Waals surface area contributed by atoms with Crippen LogP contribution in [0.1, 0.15) is 39.0 Å². The van der Waals surface area contributed by atoms with Crippen molar-refractivity contribution in [2.24, 2.45) is 0 Å². The summed E-state index contributed by atoms with van der Waals surface area (Å²) in [6.07, 6.45) is 0. The average Bonchev–Trinajstić information content (AvgIpc) is 2.79. The molecule has 4 rings (SSSR count). The van der Waals surface area contributed by atoms with E-state index in [-0.39, 0.29) is 40.0 Å². The Morgan fingerprint density at radius 1 is 0.969 bits per heavy atom. The molecule has 0 aliphatic heterocycles. The average molecular weight is 428 g/mol. The van der Waals surface area contributed by atoms with Crippen molar-refractivity contribution in [2.45, 2.75) is 13.8 Å². The monoisotopic (exact) mass is 428 g/mol. The Kier molecular flexibility index (Phi) is 5.60. The SMILES string of the molecule is CCOC(=O)c1cc(C(=O)c2ccccc2O)ccc1-c1c(C)oc2ccccc2c1=O. The highest BCUT2D eigenvalue weighted by molar-refractivity contribution is 6.12. The van der Waals surface area contributed by atoms with Crippen LogP contribution in [0.2, 0.25) is 0 Å². The molecule has 160 valence electrons. The number of fused-ring (bicyclic) bond motifs is 1. The summed E-state index contributed by atoms with van der Waals surface area (Å²) >= 11 is 0. The van der Waals surface area contributed by atoms with Crippen LogP contribution < -0.4 is 5.43 Å². The van der Waals surface area contributed by atoms with Crippen LogP contribution in [0.25, 0.3) is 22.1 Å². The van der Waals surface area contributed by atoms with Gasteiger partial charge in [0.1, 0.15) is 17.1 Å². The fourth-order valence-corrected chi connectivity index (χ4v) is 3.67. The number of phenolic OH excluding ortho intramolecular Hbond substituents is 1. The number of hydrogen-bond donors (Lipinski definition) is 1. The highest BCUT2D eigenvalue weighted by Crippen LogP contribution is 2.30. The lowest BCUT2D eigenvalue weighted by molar-refractivity contribution is 0.0527. The Morgan fingerprint density at radius 2 is 1.69 bits per heavy atom. The second kappa shape index (κ2) is 8.51. The number of aryl methyl sites for hydroxylation is 1. The molecule has 0 amide bonds. The number of aromatic hydroxyl groups is 1. The summed E-state index contributed by atoms with van der Waals surface area (Å²) in [4.78, 5) is 39.0. The van der Waals surface area contributed by atoms with E-state index in [1.807, 2.05) is 0 Å². The van der Waals surface area contributed by atoms with E-state index < -0.39 is 11.8 Å². The summed E-state index contributed by atoms with van der Waals surface area (Å²) in [5.41, 5.74) is 1.07. The summed E-state index contributed by atoms with van der Waals surface area (Å²) < 4.78 is 11.0. The maximum atomic E-state index is 13.3. The van der Waals surface area contributed by atoms with Crippen molar-refractivity contribution in [3.8, 4) is 16.9 Å². The number of hydrogen-bond acceptors (Lipinski definition) is 6. The second-order valence-corrected chi connectivity index (χ2v) is 7.19.